The number of furan rings is 1. The van der Waals surface area contributed by atoms with Crippen LogP contribution >= 0.6 is 0 Å². The first kappa shape index (κ1) is 19.8. The monoisotopic (exact) mass is 471 g/mol. The normalized spacial score (nSPS) is 15.7. The zero-order chi connectivity index (χ0) is 24.2. The molecule has 0 radical (unpaired) electrons. The van der Waals surface area contributed by atoms with E-state index in [0.717, 1.165) is 32.7 Å². The molecule has 2 aliphatic heterocycles. The van der Waals surface area contributed by atoms with Crippen molar-refractivity contribution < 1.29 is 18.0 Å². The smallest absolute Gasteiger partial charge is 0.351 e. The first-order valence-electron chi connectivity index (χ1n) is 11.8. The molecule has 5 aromatic carbocycles. The van der Waals surface area contributed by atoms with Gasteiger partial charge in [0.05, 0.1) is 5.69 Å². The molecule has 0 N–H and O–H groups in total. The Hall–Kier alpha value is -4.45. The number of para-hydroxylation sites is 1. The van der Waals surface area contributed by atoms with E-state index in [-0.39, 0.29) is 12.3 Å². The summed E-state index contributed by atoms with van der Waals surface area (Å²) in [6.07, 6.45) is 0. The lowest BCUT2D eigenvalue weighted by Gasteiger charge is -2.41. The van der Waals surface area contributed by atoms with E-state index in [4.69, 9.17) is 4.42 Å². The largest absolute Gasteiger partial charge is 0.456 e. The topological polar surface area (TPSA) is 33.5 Å². The summed E-state index contributed by atoms with van der Waals surface area (Å²) in [5.41, 5.74) is 4.83. The fraction of sp³-hybridized carbons (Fsp3) is 0.0333. The summed E-state index contributed by atoms with van der Waals surface area (Å²) >= 11 is 0. The van der Waals surface area contributed by atoms with E-state index in [1.54, 1.807) is 18.2 Å². The van der Waals surface area contributed by atoms with Crippen molar-refractivity contribution in [3.8, 4) is 0 Å². The molecule has 0 spiro atoms. The van der Waals surface area contributed by atoms with Gasteiger partial charge in [-0.15, -0.1) is 0 Å². The number of rotatable bonds is 1. The number of carbonyl (C=O) groups is 1. The Labute approximate surface area is 204 Å². The van der Waals surface area contributed by atoms with Gasteiger partial charge in [-0.1, -0.05) is 84.3 Å². The molecule has 1 aromatic heterocycles. The van der Waals surface area contributed by atoms with Crippen molar-refractivity contribution in [2.24, 2.45) is 0 Å². The molecule has 0 bridgehead atoms. The highest BCUT2D eigenvalue weighted by Gasteiger charge is 2.53. The second-order valence-electron chi connectivity index (χ2n) is 9.44. The average Bonchev–Trinajstić information content (AvgIpc) is 3.29. The number of amides is 1. The molecule has 0 atom stereocenters. The van der Waals surface area contributed by atoms with Gasteiger partial charge < -0.3 is 4.42 Å². The molecule has 8 rings (SSSR count). The van der Waals surface area contributed by atoms with Crippen LogP contribution < -0.4 is 21.3 Å². The number of alkyl halides is 2. The van der Waals surface area contributed by atoms with Gasteiger partial charge in [0.1, 0.15) is 11.2 Å². The number of hydrogen-bond donors (Lipinski definition) is 0. The minimum Gasteiger partial charge on any atom is -0.456 e. The number of nitrogens with zero attached hydrogens (tertiary/aromatic N) is 1. The van der Waals surface area contributed by atoms with Crippen LogP contribution in [0.25, 0.3) is 32.7 Å². The van der Waals surface area contributed by atoms with Gasteiger partial charge in [-0.25, -0.2) is 0 Å². The van der Waals surface area contributed by atoms with Crippen LogP contribution in [-0.2, 0) is 10.7 Å². The van der Waals surface area contributed by atoms with Crippen molar-refractivity contribution in [1.82, 2.24) is 0 Å². The highest BCUT2D eigenvalue weighted by molar-refractivity contribution is 7.00. The molecule has 6 heteroatoms. The van der Waals surface area contributed by atoms with Gasteiger partial charge in [-0.2, -0.15) is 8.78 Å². The van der Waals surface area contributed by atoms with Crippen LogP contribution in [0.4, 0.5) is 20.2 Å². The number of carbonyl (C=O) groups excluding carboxylic acids is 1. The Balaban J connectivity index is 1.61. The van der Waals surface area contributed by atoms with Crippen molar-refractivity contribution >= 4 is 73.1 Å². The van der Waals surface area contributed by atoms with Crippen LogP contribution in [0.2, 0.25) is 0 Å². The van der Waals surface area contributed by atoms with Gasteiger partial charge in [0.15, 0.2) is 0 Å². The minimum absolute atomic E-state index is 0.233. The maximum Gasteiger partial charge on any atom is 0.351 e. The lowest BCUT2D eigenvalue weighted by atomic mass is 9.34. The predicted octanol–water partition coefficient (Wildman–Crippen LogP) is 5.34. The first-order chi connectivity index (χ1) is 17.6. The Morgan fingerprint density at radius 2 is 1.56 bits per heavy atom. The third-order valence-corrected chi connectivity index (χ3v) is 7.62. The molecule has 0 fully saturated rings. The van der Waals surface area contributed by atoms with Crippen molar-refractivity contribution in [3.05, 3.63) is 103 Å². The van der Waals surface area contributed by atoms with Crippen LogP contribution in [0, 0.1) is 0 Å². The number of anilines is 2. The van der Waals surface area contributed by atoms with E-state index in [9.17, 15) is 4.79 Å². The average molecular weight is 471 g/mol. The SMILES string of the molecule is O=C1N2c3ccc4oc5ccccc5c4c3B(c3ccccc3)c3ccc4cccc(c4c32)C1(F)F. The highest BCUT2D eigenvalue weighted by Crippen LogP contribution is 2.48. The fourth-order valence-electron chi connectivity index (χ4n) is 6.17. The van der Waals surface area contributed by atoms with Gasteiger partial charge in [0.25, 0.3) is 0 Å². The van der Waals surface area contributed by atoms with Crippen LogP contribution in [0.3, 0.4) is 0 Å². The van der Waals surface area contributed by atoms with Gasteiger partial charge in [0, 0.05) is 27.4 Å². The second kappa shape index (κ2) is 6.61. The summed E-state index contributed by atoms with van der Waals surface area (Å²) in [5, 5.41) is 2.86. The number of fused-ring (bicyclic) bond motifs is 6. The summed E-state index contributed by atoms with van der Waals surface area (Å²) in [6.45, 7) is -0.269. The summed E-state index contributed by atoms with van der Waals surface area (Å²) in [7, 11) is 0. The summed E-state index contributed by atoms with van der Waals surface area (Å²) in [5.74, 6) is -4.87. The standard InChI is InChI=1S/C30H16BF2NO2/c32-30(33)20-11-6-7-17-13-14-21-28(25(17)20)34(29(30)35)22-15-16-24-26(19-10-4-5-12-23(19)36-24)27(22)31(21)18-8-2-1-3-9-18/h1-16H. The molecule has 0 saturated heterocycles. The van der Waals surface area contributed by atoms with E-state index in [0.29, 0.717) is 27.7 Å². The van der Waals surface area contributed by atoms with Crippen molar-refractivity contribution in [2.75, 3.05) is 4.90 Å². The van der Waals surface area contributed by atoms with E-state index in [1.807, 2.05) is 72.8 Å². The number of halogens is 2. The van der Waals surface area contributed by atoms with Crippen molar-refractivity contribution in [1.29, 1.82) is 0 Å². The molecule has 1 amide bonds. The highest BCUT2D eigenvalue weighted by atomic mass is 19.3. The van der Waals surface area contributed by atoms with Crippen molar-refractivity contribution in [2.45, 2.75) is 5.92 Å². The molecule has 0 saturated carbocycles. The van der Waals surface area contributed by atoms with Gasteiger partial charge >= 0.3 is 11.8 Å². The zero-order valence-corrected chi connectivity index (χ0v) is 18.8. The first-order valence-corrected chi connectivity index (χ1v) is 11.8. The summed E-state index contributed by atoms with van der Waals surface area (Å²) < 4.78 is 37.5. The molecular formula is C30H16BF2NO2. The lowest BCUT2D eigenvalue weighted by molar-refractivity contribution is -0.143. The summed E-state index contributed by atoms with van der Waals surface area (Å²) in [4.78, 5) is 14.8. The molecule has 0 unspecified atom stereocenters. The molecule has 3 heterocycles. The number of hydrogen-bond acceptors (Lipinski definition) is 2. The molecule has 6 aromatic rings. The van der Waals surface area contributed by atoms with E-state index < -0.39 is 11.8 Å². The third kappa shape index (κ3) is 2.29. The molecule has 2 aliphatic rings. The van der Waals surface area contributed by atoms with Gasteiger partial charge in [-0.3, -0.25) is 9.69 Å². The van der Waals surface area contributed by atoms with Crippen LogP contribution in [0.1, 0.15) is 5.56 Å². The maximum absolute atomic E-state index is 15.7. The van der Waals surface area contributed by atoms with E-state index in [1.165, 1.54) is 11.0 Å². The predicted molar refractivity (Wildman–Crippen MR) is 140 cm³/mol. The summed E-state index contributed by atoms with van der Waals surface area (Å²) in [6, 6.07) is 29.9. The number of benzene rings is 5. The third-order valence-electron chi connectivity index (χ3n) is 7.62. The second-order valence-corrected chi connectivity index (χ2v) is 9.44. The Kier molecular flexibility index (Phi) is 3.64. The minimum atomic E-state index is -3.64. The van der Waals surface area contributed by atoms with E-state index >= 15 is 8.78 Å². The van der Waals surface area contributed by atoms with Gasteiger partial charge in [0.2, 0.25) is 6.71 Å². The lowest BCUT2D eigenvalue weighted by Crippen LogP contribution is -2.61. The molecule has 170 valence electrons. The Morgan fingerprint density at radius 1 is 0.750 bits per heavy atom. The molecular weight excluding hydrogens is 455 g/mol. The molecule has 36 heavy (non-hydrogen) atoms. The van der Waals surface area contributed by atoms with Crippen LogP contribution in [-0.4, -0.2) is 12.6 Å². The van der Waals surface area contributed by atoms with Gasteiger partial charge in [-0.05, 0) is 34.5 Å². The maximum atomic E-state index is 15.7. The van der Waals surface area contributed by atoms with Crippen LogP contribution in [0.15, 0.2) is 101 Å². The fourth-order valence-corrected chi connectivity index (χ4v) is 6.17. The van der Waals surface area contributed by atoms with Crippen LogP contribution in [0.5, 0.6) is 0 Å². The zero-order valence-electron chi connectivity index (χ0n) is 18.8. The molecule has 3 nitrogen and oxygen atoms in total. The van der Waals surface area contributed by atoms with Crippen molar-refractivity contribution in [3.63, 3.8) is 0 Å². The quantitative estimate of drug-likeness (QED) is 0.304. The Morgan fingerprint density at radius 3 is 2.42 bits per heavy atom. The molecule has 0 aliphatic carbocycles. The van der Waals surface area contributed by atoms with E-state index in [2.05, 4.69) is 0 Å². The Bertz CT molecular complexity index is 1910.